The lowest BCUT2D eigenvalue weighted by molar-refractivity contribution is 0.566. The number of thiazole rings is 1. The highest BCUT2D eigenvalue weighted by Crippen LogP contribution is 2.17. The summed E-state index contributed by atoms with van der Waals surface area (Å²) in [6, 6.07) is 5.37. The van der Waals surface area contributed by atoms with Crippen LogP contribution >= 0.6 is 11.3 Å². The normalized spacial score (nSPS) is 12.4. The van der Waals surface area contributed by atoms with Gasteiger partial charge in [-0.2, -0.15) is 0 Å². The second kappa shape index (κ2) is 9.09. The molecule has 142 valence electrons. The first-order valence-electron chi connectivity index (χ1n) is 8.19. The lowest BCUT2D eigenvalue weighted by Gasteiger charge is -2.11. The van der Waals surface area contributed by atoms with Crippen molar-refractivity contribution in [1.82, 2.24) is 15.6 Å². The van der Waals surface area contributed by atoms with E-state index < -0.39 is 15.7 Å². The molecule has 9 heteroatoms. The SMILES string of the molecule is CN=C(NCCS(=O)(=O)c1ccccc1F)NCc1nc(C(C)C)cs1. The Kier molecular flexibility index (Phi) is 7.10. The number of hydrogen-bond acceptors (Lipinski definition) is 5. The number of benzene rings is 1. The zero-order valence-electron chi connectivity index (χ0n) is 15.0. The van der Waals surface area contributed by atoms with Gasteiger partial charge in [0, 0.05) is 19.0 Å². The van der Waals surface area contributed by atoms with E-state index in [2.05, 4.69) is 34.5 Å². The fraction of sp³-hybridized carbons (Fsp3) is 0.412. The molecule has 2 aromatic rings. The standard InChI is InChI=1S/C17H23FN4O2S2/c1-12(2)14-11-25-16(22-14)10-21-17(19-3)20-8-9-26(23,24)15-7-5-4-6-13(15)18/h4-7,11-12H,8-10H2,1-3H3,(H2,19,20,21). The van der Waals surface area contributed by atoms with Crippen molar-refractivity contribution in [3.63, 3.8) is 0 Å². The van der Waals surface area contributed by atoms with Crippen molar-refractivity contribution in [2.45, 2.75) is 31.2 Å². The molecule has 2 rings (SSSR count). The Balaban J connectivity index is 1.86. The minimum absolute atomic E-state index is 0.117. The van der Waals surface area contributed by atoms with Crippen LogP contribution in [0.5, 0.6) is 0 Å². The number of sulfone groups is 1. The second-order valence-corrected chi connectivity index (χ2v) is 8.94. The third-order valence-corrected chi connectivity index (χ3v) is 6.24. The van der Waals surface area contributed by atoms with Crippen molar-refractivity contribution in [1.29, 1.82) is 0 Å². The van der Waals surface area contributed by atoms with Gasteiger partial charge in [-0.15, -0.1) is 11.3 Å². The maximum Gasteiger partial charge on any atom is 0.191 e. The van der Waals surface area contributed by atoms with E-state index >= 15 is 0 Å². The van der Waals surface area contributed by atoms with Crippen molar-refractivity contribution in [3.8, 4) is 0 Å². The summed E-state index contributed by atoms with van der Waals surface area (Å²) < 4.78 is 38.1. The Morgan fingerprint density at radius 2 is 2.04 bits per heavy atom. The van der Waals surface area contributed by atoms with Gasteiger partial charge in [0.25, 0.3) is 0 Å². The number of halogens is 1. The van der Waals surface area contributed by atoms with Crippen LogP contribution in [0.1, 0.15) is 30.5 Å². The molecule has 0 saturated heterocycles. The van der Waals surface area contributed by atoms with Crippen molar-refractivity contribution in [2.75, 3.05) is 19.3 Å². The van der Waals surface area contributed by atoms with Gasteiger partial charge in [-0.05, 0) is 18.1 Å². The molecule has 1 heterocycles. The molecule has 0 bridgehead atoms. The summed E-state index contributed by atoms with van der Waals surface area (Å²) in [6.45, 7) is 4.79. The molecule has 0 aliphatic heterocycles. The first-order valence-corrected chi connectivity index (χ1v) is 10.7. The zero-order chi connectivity index (χ0) is 19.2. The summed E-state index contributed by atoms with van der Waals surface area (Å²) >= 11 is 1.56. The Labute approximate surface area is 157 Å². The highest BCUT2D eigenvalue weighted by atomic mass is 32.2. The van der Waals surface area contributed by atoms with E-state index in [1.165, 1.54) is 18.2 Å². The van der Waals surface area contributed by atoms with Crippen LogP contribution in [-0.2, 0) is 16.4 Å². The predicted octanol–water partition coefficient (Wildman–Crippen LogP) is 2.54. The molecule has 0 aliphatic rings. The fourth-order valence-corrected chi connectivity index (χ4v) is 4.30. The molecule has 26 heavy (non-hydrogen) atoms. The van der Waals surface area contributed by atoms with Gasteiger partial charge in [0.2, 0.25) is 0 Å². The first-order chi connectivity index (χ1) is 12.3. The lowest BCUT2D eigenvalue weighted by atomic mass is 10.2. The maximum atomic E-state index is 13.7. The molecule has 0 amide bonds. The van der Waals surface area contributed by atoms with Crippen LogP contribution in [0.15, 0.2) is 39.5 Å². The van der Waals surface area contributed by atoms with E-state index in [0.717, 1.165) is 16.8 Å². The van der Waals surface area contributed by atoms with Crippen molar-refractivity contribution in [2.24, 2.45) is 4.99 Å². The molecule has 0 aliphatic carbocycles. The predicted molar refractivity (Wildman–Crippen MR) is 103 cm³/mol. The number of guanidine groups is 1. The average Bonchev–Trinajstić information content (AvgIpc) is 3.07. The van der Waals surface area contributed by atoms with Gasteiger partial charge in [-0.3, -0.25) is 4.99 Å². The summed E-state index contributed by atoms with van der Waals surface area (Å²) in [5.41, 5.74) is 1.05. The summed E-state index contributed by atoms with van der Waals surface area (Å²) in [4.78, 5) is 8.29. The topological polar surface area (TPSA) is 83.5 Å². The number of aromatic nitrogens is 1. The van der Waals surface area contributed by atoms with Gasteiger partial charge >= 0.3 is 0 Å². The average molecular weight is 399 g/mol. The minimum atomic E-state index is -3.70. The van der Waals surface area contributed by atoms with E-state index in [9.17, 15) is 12.8 Å². The smallest absolute Gasteiger partial charge is 0.191 e. The van der Waals surface area contributed by atoms with E-state index in [1.54, 1.807) is 18.4 Å². The van der Waals surface area contributed by atoms with Gasteiger partial charge < -0.3 is 10.6 Å². The van der Waals surface area contributed by atoms with Crippen molar-refractivity contribution < 1.29 is 12.8 Å². The van der Waals surface area contributed by atoms with Gasteiger partial charge in [0.05, 0.1) is 18.0 Å². The highest BCUT2D eigenvalue weighted by molar-refractivity contribution is 7.91. The molecule has 0 fully saturated rings. The molecule has 1 aromatic carbocycles. The summed E-state index contributed by atoms with van der Waals surface area (Å²) in [6.07, 6.45) is 0. The number of rotatable bonds is 7. The van der Waals surface area contributed by atoms with Crippen LogP contribution in [0, 0.1) is 5.82 Å². The van der Waals surface area contributed by atoms with Crippen LogP contribution in [0.4, 0.5) is 4.39 Å². The van der Waals surface area contributed by atoms with Gasteiger partial charge in [0.1, 0.15) is 15.7 Å². The molecule has 0 unspecified atom stereocenters. The lowest BCUT2D eigenvalue weighted by Crippen LogP contribution is -2.39. The minimum Gasteiger partial charge on any atom is -0.355 e. The molecule has 0 spiro atoms. The molecule has 1 aromatic heterocycles. The monoisotopic (exact) mass is 398 g/mol. The van der Waals surface area contributed by atoms with Gasteiger partial charge in [-0.25, -0.2) is 17.8 Å². The van der Waals surface area contributed by atoms with Crippen molar-refractivity contribution in [3.05, 3.63) is 46.2 Å². The van der Waals surface area contributed by atoms with E-state index in [0.29, 0.717) is 18.4 Å². The number of hydrogen-bond donors (Lipinski definition) is 2. The van der Waals surface area contributed by atoms with Gasteiger partial charge in [-0.1, -0.05) is 26.0 Å². The van der Waals surface area contributed by atoms with Crippen LogP contribution < -0.4 is 10.6 Å². The molecule has 0 atom stereocenters. The number of aliphatic imine (C=N–C) groups is 1. The third-order valence-electron chi connectivity index (χ3n) is 3.63. The van der Waals surface area contributed by atoms with E-state index in [4.69, 9.17) is 0 Å². The summed E-state index contributed by atoms with van der Waals surface area (Å²) in [5, 5.41) is 8.98. The van der Waals surface area contributed by atoms with E-state index in [1.807, 2.05) is 5.38 Å². The Morgan fingerprint density at radius 1 is 1.31 bits per heavy atom. The second-order valence-electron chi connectivity index (χ2n) is 5.92. The number of nitrogens with one attached hydrogen (secondary N) is 2. The Morgan fingerprint density at radius 3 is 2.65 bits per heavy atom. The molecular weight excluding hydrogens is 375 g/mol. The molecule has 2 N–H and O–H groups in total. The Bertz CT molecular complexity index is 863. The number of nitrogens with zero attached hydrogens (tertiary/aromatic N) is 2. The zero-order valence-corrected chi connectivity index (χ0v) is 16.6. The Hall–Kier alpha value is -2.00. The fourth-order valence-electron chi connectivity index (χ4n) is 2.16. The van der Waals surface area contributed by atoms with Crippen molar-refractivity contribution >= 4 is 27.1 Å². The molecule has 0 radical (unpaired) electrons. The van der Waals surface area contributed by atoms with Crippen LogP contribution in [-0.4, -0.2) is 38.7 Å². The third kappa shape index (κ3) is 5.50. The maximum absolute atomic E-state index is 13.7. The quantitative estimate of drug-likeness (QED) is 0.553. The summed E-state index contributed by atoms with van der Waals surface area (Å²) in [7, 11) is -2.10. The van der Waals surface area contributed by atoms with E-state index in [-0.39, 0.29) is 17.2 Å². The largest absolute Gasteiger partial charge is 0.355 e. The highest BCUT2D eigenvalue weighted by Gasteiger charge is 2.18. The first kappa shape index (κ1) is 20.3. The van der Waals surface area contributed by atoms with Gasteiger partial charge in [0.15, 0.2) is 15.8 Å². The van der Waals surface area contributed by atoms with Crippen LogP contribution in [0.3, 0.4) is 0 Å². The van der Waals surface area contributed by atoms with Crippen LogP contribution in [0.2, 0.25) is 0 Å². The molecule has 6 nitrogen and oxygen atoms in total. The van der Waals surface area contributed by atoms with Crippen LogP contribution in [0.25, 0.3) is 0 Å². The molecular formula is C17H23FN4O2S2. The summed E-state index contributed by atoms with van der Waals surface area (Å²) in [5.74, 6) is -0.126. The molecule has 0 saturated carbocycles.